The van der Waals surface area contributed by atoms with Crippen LogP contribution in [-0.4, -0.2) is 37.5 Å². The molecular formula is C17H22O5. The van der Waals surface area contributed by atoms with Gasteiger partial charge in [0, 0.05) is 17.6 Å². The predicted octanol–water partition coefficient (Wildman–Crippen LogP) is 2.76. The van der Waals surface area contributed by atoms with Gasteiger partial charge in [0.15, 0.2) is 11.5 Å². The third-order valence-corrected chi connectivity index (χ3v) is 4.51. The van der Waals surface area contributed by atoms with E-state index in [9.17, 15) is 4.79 Å². The van der Waals surface area contributed by atoms with Crippen LogP contribution in [-0.2, 0) is 14.9 Å². The Morgan fingerprint density at radius 1 is 1.45 bits per heavy atom. The van der Waals surface area contributed by atoms with Gasteiger partial charge in [-0.2, -0.15) is 0 Å². The highest BCUT2D eigenvalue weighted by Crippen LogP contribution is 2.55. The molecule has 1 heterocycles. The molecule has 1 aromatic carbocycles. The maximum atomic E-state index is 11.1. The summed E-state index contributed by atoms with van der Waals surface area (Å²) in [4.78, 5) is 11.1. The van der Waals surface area contributed by atoms with Crippen LogP contribution in [0.2, 0.25) is 0 Å². The molecule has 1 aromatic rings. The lowest BCUT2D eigenvalue weighted by Crippen LogP contribution is -2.28. The van der Waals surface area contributed by atoms with Crippen molar-refractivity contribution in [1.82, 2.24) is 0 Å². The SMILES string of the molecule is COc1c(OC2CCCOC2)cccc1C1(CC(=O)O)CC1. The smallest absolute Gasteiger partial charge is 0.304 e. The van der Waals surface area contributed by atoms with Gasteiger partial charge in [0.1, 0.15) is 6.10 Å². The van der Waals surface area contributed by atoms with Gasteiger partial charge in [-0.05, 0) is 31.7 Å². The molecule has 22 heavy (non-hydrogen) atoms. The summed E-state index contributed by atoms with van der Waals surface area (Å²) in [5.74, 6) is 0.588. The Labute approximate surface area is 130 Å². The van der Waals surface area contributed by atoms with E-state index in [1.165, 1.54) is 0 Å². The summed E-state index contributed by atoms with van der Waals surface area (Å²) >= 11 is 0. The number of hydrogen-bond acceptors (Lipinski definition) is 4. The molecule has 1 atom stereocenters. The zero-order chi connectivity index (χ0) is 15.6. The molecule has 5 nitrogen and oxygen atoms in total. The normalized spacial score (nSPS) is 22.9. The van der Waals surface area contributed by atoms with Crippen molar-refractivity contribution < 1.29 is 24.1 Å². The topological polar surface area (TPSA) is 65.0 Å². The molecule has 1 N–H and O–H groups in total. The fraction of sp³-hybridized carbons (Fsp3) is 0.588. The van der Waals surface area contributed by atoms with E-state index in [1.54, 1.807) is 7.11 Å². The molecule has 1 saturated heterocycles. The van der Waals surface area contributed by atoms with Gasteiger partial charge in [0.2, 0.25) is 0 Å². The molecule has 1 unspecified atom stereocenters. The van der Waals surface area contributed by atoms with Gasteiger partial charge in [-0.3, -0.25) is 4.79 Å². The van der Waals surface area contributed by atoms with E-state index in [4.69, 9.17) is 19.3 Å². The van der Waals surface area contributed by atoms with E-state index >= 15 is 0 Å². The number of para-hydroxylation sites is 1. The summed E-state index contributed by atoms with van der Waals surface area (Å²) < 4.78 is 17.1. The van der Waals surface area contributed by atoms with Gasteiger partial charge >= 0.3 is 5.97 Å². The minimum atomic E-state index is -0.772. The molecule has 2 aliphatic rings. The summed E-state index contributed by atoms with van der Waals surface area (Å²) in [5.41, 5.74) is 0.659. The largest absolute Gasteiger partial charge is 0.493 e. The second-order valence-electron chi connectivity index (χ2n) is 6.14. The predicted molar refractivity (Wildman–Crippen MR) is 80.6 cm³/mol. The number of methoxy groups -OCH3 is 1. The van der Waals surface area contributed by atoms with E-state index in [2.05, 4.69) is 0 Å². The van der Waals surface area contributed by atoms with E-state index in [0.717, 1.165) is 37.9 Å². The van der Waals surface area contributed by atoms with Crippen molar-refractivity contribution in [3.63, 3.8) is 0 Å². The first kappa shape index (κ1) is 15.2. The molecular weight excluding hydrogens is 284 g/mol. The number of benzene rings is 1. The molecule has 0 radical (unpaired) electrons. The van der Waals surface area contributed by atoms with E-state index in [-0.39, 0.29) is 17.9 Å². The highest BCUT2D eigenvalue weighted by atomic mass is 16.5. The van der Waals surface area contributed by atoms with Crippen LogP contribution >= 0.6 is 0 Å². The molecule has 0 amide bonds. The Hall–Kier alpha value is -1.75. The van der Waals surface area contributed by atoms with Gasteiger partial charge in [-0.25, -0.2) is 0 Å². The Morgan fingerprint density at radius 3 is 2.86 bits per heavy atom. The average molecular weight is 306 g/mol. The van der Waals surface area contributed by atoms with Crippen LogP contribution in [0.5, 0.6) is 11.5 Å². The van der Waals surface area contributed by atoms with Crippen molar-refractivity contribution in [2.45, 2.75) is 43.6 Å². The number of carboxylic acid groups (broad SMARTS) is 1. The Bertz CT molecular complexity index is 544. The number of carbonyl (C=O) groups is 1. The maximum Gasteiger partial charge on any atom is 0.304 e. The zero-order valence-electron chi connectivity index (χ0n) is 12.8. The molecule has 2 fully saturated rings. The lowest BCUT2D eigenvalue weighted by molar-refractivity contribution is -0.137. The first-order valence-electron chi connectivity index (χ1n) is 7.78. The maximum absolute atomic E-state index is 11.1. The first-order valence-corrected chi connectivity index (χ1v) is 7.78. The molecule has 1 aliphatic heterocycles. The van der Waals surface area contributed by atoms with E-state index in [1.807, 2.05) is 18.2 Å². The van der Waals surface area contributed by atoms with Crippen molar-refractivity contribution >= 4 is 5.97 Å². The van der Waals surface area contributed by atoms with Crippen LogP contribution < -0.4 is 9.47 Å². The molecule has 0 bridgehead atoms. The lowest BCUT2D eigenvalue weighted by atomic mass is 9.91. The Balaban J connectivity index is 1.85. The Morgan fingerprint density at radius 2 is 2.27 bits per heavy atom. The number of aliphatic carboxylic acids is 1. The standard InChI is InChI=1S/C17H22O5/c1-20-16-13(17(7-8-17)10-15(18)19)5-2-6-14(16)22-12-4-3-9-21-11-12/h2,5-6,12H,3-4,7-11H2,1H3,(H,18,19). The van der Waals surface area contributed by atoms with Crippen LogP contribution in [0, 0.1) is 0 Å². The van der Waals surface area contributed by atoms with Crippen LogP contribution in [0.4, 0.5) is 0 Å². The molecule has 0 spiro atoms. The van der Waals surface area contributed by atoms with Crippen molar-refractivity contribution in [2.75, 3.05) is 20.3 Å². The van der Waals surface area contributed by atoms with Gasteiger partial charge < -0.3 is 19.3 Å². The van der Waals surface area contributed by atoms with Crippen LogP contribution in [0.25, 0.3) is 0 Å². The molecule has 0 aromatic heterocycles. The fourth-order valence-electron chi connectivity index (χ4n) is 3.20. The highest BCUT2D eigenvalue weighted by Gasteiger charge is 2.48. The lowest BCUT2D eigenvalue weighted by Gasteiger charge is -2.26. The molecule has 1 aliphatic carbocycles. The van der Waals surface area contributed by atoms with Crippen LogP contribution in [0.15, 0.2) is 18.2 Å². The molecule has 120 valence electrons. The second-order valence-corrected chi connectivity index (χ2v) is 6.14. The van der Waals surface area contributed by atoms with Gasteiger partial charge in [0.25, 0.3) is 0 Å². The summed E-state index contributed by atoms with van der Waals surface area (Å²) in [7, 11) is 1.61. The summed E-state index contributed by atoms with van der Waals surface area (Å²) in [6, 6.07) is 5.76. The summed E-state index contributed by atoms with van der Waals surface area (Å²) in [6.45, 7) is 1.38. The van der Waals surface area contributed by atoms with E-state index in [0.29, 0.717) is 18.1 Å². The van der Waals surface area contributed by atoms with Crippen molar-refractivity contribution in [2.24, 2.45) is 0 Å². The minimum Gasteiger partial charge on any atom is -0.493 e. The zero-order valence-corrected chi connectivity index (χ0v) is 12.8. The third-order valence-electron chi connectivity index (χ3n) is 4.51. The highest BCUT2D eigenvalue weighted by molar-refractivity contribution is 5.71. The number of hydrogen-bond donors (Lipinski definition) is 1. The van der Waals surface area contributed by atoms with Crippen LogP contribution in [0.3, 0.4) is 0 Å². The van der Waals surface area contributed by atoms with Gasteiger partial charge in [0.05, 0.1) is 20.1 Å². The molecule has 3 rings (SSSR count). The summed E-state index contributed by atoms with van der Waals surface area (Å²) in [6.07, 6.45) is 3.90. The second kappa shape index (κ2) is 6.16. The number of rotatable bonds is 6. The molecule has 5 heteroatoms. The molecule has 1 saturated carbocycles. The Kier molecular flexibility index (Phi) is 4.25. The summed E-state index contributed by atoms with van der Waals surface area (Å²) in [5, 5.41) is 9.16. The van der Waals surface area contributed by atoms with Gasteiger partial charge in [-0.15, -0.1) is 0 Å². The van der Waals surface area contributed by atoms with Crippen molar-refractivity contribution in [3.05, 3.63) is 23.8 Å². The van der Waals surface area contributed by atoms with Crippen molar-refractivity contribution in [1.29, 1.82) is 0 Å². The monoisotopic (exact) mass is 306 g/mol. The minimum absolute atomic E-state index is 0.0347. The number of ether oxygens (including phenoxy) is 3. The van der Waals surface area contributed by atoms with Crippen molar-refractivity contribution in [3.8, 4) is 11.5 Å². The van der Waals surface area contributed by atoms with Gasteiger partial charge in [-0.1, -0.05) is 12.1 Å². The van der Waals surface area contributed by atoms with E-state index < -0.39 is 5.97 Å². The third kappa shape index (κ3) is 3.04. The van der Waals surface area contributed by atoms with Crippen LogP contribution in [0.1, 0.15) is 37.7 Å². The average Bonchev–Trinajstić information content (AvgIpc) is 3.28. The fourth-order valence-corrected chi connectivity index (χ4v) is 3.20. The number of carboxylic acids is 1. The quantitative estimate of drug-likeness (QED) is 0.875. The first-order chi connectivity index (χ1) is 10.6.